The SMILES string of the molecule is COc1cc(-n2ccnc(Sc3ccc(Cl)cc3)c2=O)ccc1OCC(C)C. The van der Waals surface area contributed by atoms with Crippen molar-refractivity contribution < 1.29 is 9.47 Å². The molecule has 0 spiro atoms. The van der Waals surface area contributed by atoms with Gasteiger partial charge in [-0.1, -0.05) is 37.2 Å². The van der Waals surface area contributed by atoms with Crippen molar-refractivity contribution in [1.82, 2.24) is 9.55 Å². The van der Waals surface area contributed by atoms with Gasteiger partial charge in [0.05, 0.1) is 19.4 Å². The maximum absolute atomic E-state index is 12.9. The summed E-state index contributed by atoms with van der Waals surface area (Å²) in [5, 5.41) is 1.03. The van der Waals surface area contributed by atoms with Crippen LogP contribution in [0, 0.1) is 5.92 Å². The number of hydrogen-bond acceptors (Lipinski definition) is 5. The Hall–Kier alpha value is -2.44. The molecule has 2 aromatic carbocycles. The zero-order chi connectivity index (χ0) is 20.1. The summed E-state index contributed by atoms with van der Waals surface area (Å²) in [6, 6.07) is 12.7. The van der Waals surface area contributed by atoms with Gasteiger partial charge < -0.3 is 9.47 Å². The Morgan fingerprint density at radius 2 is 1.89 bits per heavy atom. The van der Waals surface area contributed by atoms with Gasteiger partial charge in [0, 0.05) is 28.4 Å². The largest absolute Gasteiger partial charge is 0.493 e. The first-order valence-corrected chi connectivity index (χ1v) is 9.99. The predicted octanol–water partition coefficient (Wildman–Crippen LogP) is 5.08. The summed E-state index contributed by atoms with van der Waals surface area (Å²) >= 11 is 7.22. The number of benzene rings is 2. The molecule has 0 N–H and O–H groups in total. The molecule has 0 saturated heterocycles. The molecule has 0 saturated carbocycles. The van der Waals surface area contributed by atoms with Gasteiger partial charge in [-0.15, -0.1) is 0 Å². The van der Waals surface area contributed by atoms with Crippen molar-refractivity contribution in [2.24, 2.45) is 5.92 Å². The minimum Gasteiger partial charge on any atom is -0.493 e. The number of aromatic nitrogens is 2. The summed E-state index contributed by atoms with van der Waals surface area (Å²) in [6.45, 7) is 4.75. The summed E-state index contributed by atoms with van der Waals surface area (Å²) in [4.78, 5) is 18.0. The number of methoxy groups -OCH3 is 1. The fourth-order valence-electron chi connectivity index (χ4n) is 2.46. The molecular formula is C21H21ClN2O3S. The highest BCUT2D eigenvalue weighted by Crippen LogP contribution is 2.30. The van der Waals surface area contributed by atoms with E-state index >= 15 is 0 Å². The molecule has 1 aromatic heterocycles. The van der Waals surface area contributed by atoms with E-state index in [1.807, 2.05) is 24.3 Å². The molecule has 0 aliphatic carbocycles. The summed E-state index contributed by atoms with van der Waals surface area (Å²) in [5.74, 6) is 1.63. The highest BCUT2D eigenvalue weighted by molar-refractivity contribution is 7.99. The Morgan fingerprint density at radius 1 is 1.14 bits per heavy atom. The third-order valence-electron chi connectivity index (χ3n) is 3.83. The van der Waals surface area contributed by atoms with Gasteiger partial charge >= 0.3 is 0 Å². The lowest BCUT2D eigenvalue weighted by Gasteiger charge is -2.14. The van der Waals surface area contributed by atoms with E-state index < -0.39 is 0 Å². The normalized spacial score (nSPS) is 10.9. The van der Waals surface area contributed by atoms with Gasteiger partial charge in [-0.2, -0.15) is 0 Å². The van der Waals surface area contributed by atoms with Crippen molar-refractivity contribution in [2.45, 2.75) is 23.8 Å². The lowest BCUT2D eigenvalue weighted by atomic mass is 10.2. The standard InChI is InChI=1S/C21H21ClN2O3S/c1-14(2)13-27-18-9-6-16(12-19(18)26-3)24-11-10-23-20(21(24)25)28-17-7-4-15(22)5-8-17/h4-12,14H,13H2,1-3H3. The molecule has 7 heteroatoms. The molecule has 146 valence electrons. The van der Waals surface area contributed by atoms with Crippen LogP contribution in [0.5, 0.6) is 11.5 Å². The Morgan fingerprint density at radius 3 is 2.57 bits per heavy atom. The molecule has 0 atom stereocenters. The van der Waals surface area contributed by atoms with E-state index in [0.717, 1.165) is 4.90 Å². The summed E-state index contributed by atoms with van der Waals surface area (Å²) < 4.78 is 12.8. The van der Waals surface area contributed by atoms with Crippen LogP contribution in [0.25, 0.3) is 5.69 Å². The van der Waals surface area contributed by atoms with Crippen molar-refractivity contribution in [2.75, 3.05) is 13.7 Å². The Bertz CT molecular complexity index is 1000. The first kappa shape index (κ1) is 20.3. The van der Waals surface area contributed by atoms with E-state index in [-0.39, 0.29) is 5.56 Å². The Kier molecular flexibility index (Phi) is 6.65. The smallest absolute Gasteiger partial charge is 0.287 e. The molecule has 1 heterocycles. The van der Waals surface area contributed by atoms with Crippen LogP contribution < -0.4 is 15.0 Å². The zero-order valence-electron chi connectivity index (χ0n) is 15.9. The van der Waals surface area contributed by atoms with Gasteiger partial charge in [0.1, 0.15) is 0 Å². The van der Waals surface area contributed by atoms with Crippen LogP contribution in [-0.2, 0) is 0 Å². The molecule has 0 aliphatic rings. The van der Waals surface area contributed by atoms with E-state index in [2.05, 4.69) is 18.8 Å². The van der Waals surface area contributed by atoms with E-state index in [1.54, 1.807) is 42.3 Å². The second-order valence-corrected chi connectivity index (χ2v) is 8.00. The van der Waals surface area contributed by atoms with Crippen molar-refractivity contribution in [1.29, 1.82) is 0 Å². The van der Waals surface area contributed by atoms with Crippen LogP contribution in [0.15, 0.2) is 69.6 Å². The molecule has 0 amide bonds. The number of halogens is 1. The molecule has 0 aliphatic heterocycles. The van der Waals surface area contributed by atoms with Gasteiger partial charge in [0.2, 0.25) is 0 Å². The number of ether oxygens (including phenoxy) is 2. The minimum atomic E-state index is -0.208. The fourth-order valence-corrected chi connectivity index (χ4v) is 3.38. The average molecular weight is 417 g/mol. The monoisotopic (exact) mass is 416 g/mol. The highest BCUT2D eigenvalue weighted by atomic mass is 35.5. The highest BCUT2D eigenvalue weighted by Gasteiger charge is 2.12. The number of nitrogens with zero attached hydrogens (tertiary/aromatic N) is 2. The molecule has 3 rings (SSSR count). The average Bonchev–Trinajstić information content (AvgIpc) is 2.69. The zero-order valence-corrected chi connectivity index (χ0v) is 17.5. The van der Waals surface area contributed by atoms with E-state index in [0.29, 0.717) is 39.8 Å². The molecule has 28 heavy (non-hydrogen) atoms. The summed E-state index contributed by atoms with van der Waals surface area (Å²) in [6.07, 6.45) is 3.24. The maximum Gasteiger partial charge on any atom is 0.287 e. The van der Waals surface area contributed by atoms with Gasteiger partial charge in [-0.05, 0) is 42.3 Å². The van der Waals surface area contributed by atoms with Crippen LogP contribution >= 0.6 is 23.4 Å². The summed E-state index contributed by atoms with van der Waals surface area (Å²) in [7, 11) is 1.58. The third-order valence-corrected chi connectivity index (χ3v) is 5.07. The molecule has 0 bridgehead atoms. The molecule has 5 nitrogen and oxygen atoms in total. The molecule has 0 fully saturated rings. The first-order chi connectivity index (χ1) is 13.5. The Labute approximate surface area is 173 Å². The quantitative estimate of drug-likeness (QED) is 0.537. The van der Waals surface area contributed by atoms with Gasteiger partial charge in [-0.3, -0.25) is 9.36 Å². The van der Waals surface area contributed by atoms with Crippen LogP contribution in [0.3, 0.4) is 0 Å². The van der Waals surface area contributed by atoms with Gasteiger partial charge in [0.25, 0.3) is 5.56 Å². The number of hydrogen-bond donors (Lipinski definition) is 0. The lowest BCUT2D eigenvalue weighted by molar-refractivity contribution is 0.257. The predicted molar refractivity (Wildman–Crippen MR) is 112 cm³/mol. The van der Waals surface area contributed by atoms with Crippen LogP contribution in [0.4, 0.5) is 0 Å². The molecule has 3 aromatic rings. The van der Waals surface area contributed by atoms with Crippen molar-refractivity contribution in [3.05, 3.63) is 70.2 Å². The lowest BCUT2D eigenvalue weighted by Crippen LogP contribution is -2.20. The topological polar surface area (TPSA) is 53.4 Å². The maximum atomic E-state index is 12.9. The number of rotatable bonds is 7. The van der Waals surface area contributed by atoms with Crippen molar-refractivity contribution in [3.63, 3.8) is 0 Å². The van der Waals surface area contributed by atoms with Crippen molar-refractivity contribution in [3.8, 4) is 17.2 Å². The van der Waals surface area contributed by atoms with Crippen LogP contribution in [0.1, 0.15) is 13.8 Å². The van der Waals surface area contributed by atoms with E-state index in [9.17, 15) is 4.79 Å². The third kappa shape index (κ3) is 4.88. The van der Waals surface area contributed by atoms with Crippen molar-refractivity contribution >= 4 is 23.4 Å². The first-order valence-electron chi connectivity index (χ1n) is 8.80. The Balaban J connectivity index is 1.91. The molecular weight excluding hydrogens is 396 g/mol. The van der Waals surface area contributed by atoms with Gasteiger partial charge in [-0.25, -0.2) is 4.98 Å². The minimum absolute atomic E-state index is 0.208. The fraction of sp³-hybridized carbons (Fsp3) is 0.238. The second-order valence-electron chi connectivity index (χ2n) is 6.50. The van der Waals surface area contributed by atoms with Gasteiger partial charge in [0.15, 0.2) is 16.5 Å². The van der Waals surface area contributed by atoms with E-state index in [4.69, 9.17) is 21.1 Å². The second kappa shape index (κ2) is 9.17. The van der Waals surface area contributed by atoms with Crippen LogP contribution in [-0.4, -0.2) is 23.3 Å². The van der Waals surface area contributed by atoms with Crippen LogP contribution in [0.2, 0.25) is 5.02 Å². The van der Waals surface area contributed by atoms with E-state index in [1.165, 1.54) is 11.8 Å². The molecule has 0 radical (unpaired) electrons. The molecule has 0 unspecified atom stereocenters. The summed E-state index contributed by atoms with van der Waals surface area (Å²) in [5.41, 5.74) is 0.472.